The Balaban J connectivity index is 2.30. The molecule has 0 radical (unpaired) electrons. The molecule has 1 aromatic carbocycles. The average molecular weight is 320 g/mol. The molecule has 9 heteroatoms. The molecule has 1 aromatic rings. The molecular formula is C12H14F2N2O4S. The highest BCUT2D eigenvalue weighted by Gasteiger charge is 2.25. The molecule has 0 saturated carbocycles. The lowest BCUT2D eigenvalue weighted by Gasteiger charge is -2.23. The maximum absolute atomic E-state index is 14.0. The van der Waals surface area contributed by atoms with Gasteiger partial charge in [-0.3, -0.25) is 4.79 Å². The molecule has 3 N–H and O–H groups in total. The molecule has 1 unspecified atom stereocenters. The Labute approximate surface area is 120 Å². The first-order valence-corrected chi connectivity index (χ1v) is 7.74. The topological polar surface area (TPSA) is 98.5 Å². The fraction of sp³-hybridized carbons (Fsp3) is 0.417. The number of nitrogens with one attached hydrogen (secondary N) is 1. The SMILES string of the molecule is NS(=O)(=O)c1cc(F)cc(C(=O)NC2CCCOC2)c1F. The summed E-state index contributed by atoms with van der Waals surface area (Å²) in [5.41, 5.74) is -0.704. The third kappa shape index (κ3) is 3.74. The van der Waals surface area contributed by atoms with Gasteiger partial charge in [-0.15, -0.1) is 0 Å². The zero-order chi connectivity index (χ0) is 15.6. The van der Waals surface area contributed by atoms with Crippen LogP contribution in [0.25, 0.3) is 0 Å². The lowest BCUT2D eigenvalue weighted by atomic mass is 10.1. The summed E-state index contributed by atoms with van der Waals surface area (Å²) in [6, 6.07) is 0.737. The number of carbonyl (C=O) groups is 1. The smallest absolute Gasteiger partial charge is 0.254 e. The van der Waals surface area contributed by atoms with Crippen LogP contribution in [0.2, 0.25) is 0 Å². The van der Waals surface area contributed by atoms with Gasteiger partial charge in [-0.05, 0) is 25.0 Å². The minimum atomic E-state index is -4.46. The van der Waals surface area contributed by atoms with E-state index in [9.17, 15) is 22.0 Å². The summed E-state index contributed by atoms with van der Waals surface area (Å²) in [5, 5.41) is 7.27. The molecular weight excluding hydrogens is 306 g/mol. The van der Waals surface area contributed by atoms with E-state index in [0.717, 1.165) is 6.42 Å². The van der Waals surface area contributed by atoms with Crippen molar-refractivity contribution in [2.45, 2.75) is 23.8 Å². The van der Waals surface area contributed by atoms with Crippen molar-refractivity contribution in [1.82, 2.24) is 5.32 Å². The van der Waals surface area contributed by atoms with Gasteiger partial charge < -0.3 is 10.1 Å². The molecule has 1 saturated heterocycles. The van der Waals surface area contributed by atoms with Gasteiger partial charge in [0, 0.05) is 6.61 Å². The summed E-state index contributed by atoms with van der Waals surface area (Å²) in [4.78, 5) is 10.9. The van der Waals surface area contributed by atoms with Crippen LogP contribution in [0, 0.1) is 11.6 Å². The lowest BCUT2D eigenvalue weighted by Crippen LogP contribution is -2.41. The van der Waals surface area contributed by atoms with Crippen molar-refractivity contribution in [2.24, 2.45) is 5.14 Å². The second kappa shape index (κ2) is 6.04. The Kier molecular flexibility index (Phi) is 4.55. The van der Waals surface area contributed by atoms with Crippen LogP contribution in [-0.4, -0.2) is 33.6 Å². The van der Waals surface area contributed by atoms with Crippen LogP contribution >= 0.6 is 0 Å². The molecule has 0 aromatic heterocycles. The van der Waals surface area contributed by atoms with E-state index in [4.69, 9.17) is 9.88 Å². The van der Waals surface area contributed by atoms with Crippen LogP contribution < -0.4 is 10.5 Å². The van der Waals surface area contributed by atoms with Gasteiger partial charge in [0.1, 0.15) is 10.7 Å². The first-order chi connectivity index (χ1) is 9.79. The van der Waals surface area contributed by atoms with E-state index in [-0.39, 0.29) is 12.6 Å². The molecule has 116 valence electrons. The van der Waals surface area contributed by atoms with E-state index in [1.54, 1.807) is 0 Å². The van der Waals surface area contributed by atoms with Crippen molar-refractivity contribution in [3.8, 4) is 0 Å². The Hall–Kier alpha value is -1.58. The zero-order valence-electron chi connectivity index (χ0n) is 10.9. The van der Waals surface area contributed by atoms with E-state index in [1.165, 1.54) is 0 Å². The molecule has 1 amide bonds. The molecule has 1 aliphatic heterocycles. The third-order valence-electron chi connectivity index (χ3n) is 3.05. The van der Waals surface area contributed by atoms with Crippen LogP contribution in [0.1, 0.15) is 23.2 Å². The maximum Gasteiger partial charge on any atom is 0.254 e. The molecule has 1 atom stereocenters. The molecule has 2 rings (SSSR count). The monoisotopic (exact) mass is 320 g/mol. The molecule has 0 spiro atoms. The van der Waals surface area contributed by atoms with E-state index in [2.05, 4.69) is 5.32 Å². The van der Waals surface area contributed by atoms with Gasteiger partial charge in [-0.2, -0.15) is 0 Å². The number of amides is 1. The van der Waals surface area contributed by atoms with Gasteiger partial charge in [0.15, 0.2) is 5.82 Å². The van der Waals surface area contributed by atoms with Crippen LogP contribution in [0.15, 0.2) is 17.0 Å². The summed E-state index contributed by atoms with van der Waals surface area (Å²) in [6.07, 6.45) is 1.38. The zero-order valence-corrected chi connectivity index (χ0v) is 11.8. The number of hydrogen-bond acceptors (Lipinski definition) is 4. The quantitative estimate of drug-likeness (QED) is 0.848. The Morgan fingerprint density at radius 3 is 2.67 bits per heavy atom. The Bertz CT molecular complexity index is 657. The first kappa shape index (κ1) is 15.8. The minimum Gasteiger partial charge on any atom is -0.379 e. The predicted molar refractivity (Wildman–Crippen MR) is 69.0 cm³/mol. The lowest BCUT2D eigenvalue weighted by molar-refractivity contribution is 0.0622. The number of benzene rings is 1. The molecule has 1 fully saturated rings. The van der Waals surface area contributed by atoms with E-state index < -0.39 is 38.0 Å². The average Bonchev–Trinajstić information content (AvgIpc) is 2.40. The normalized spacial score (nSPS) is 19.3. The van der Waals surface area contributed by atoms with Gasteiger partial charge >= 0.3 is 0 Å². The molecule has 1 aliphatic rings. The summed E-state index contributed by atoms with van der Waals surface area (Å²) in [7, 11) is -4.46. The van der Waals surface area contributed by atoms with Crippen molar-refractivity contribution in [3.05, 3.63) is 29.3 Å². The highest BCUT2D eigenvalue weighted by Crippen LogP contribution is 2.19. The van der Waals surface area contributed by atoms with Crippen molar-refractivity contribution in [2.75, 3.05) is 13.2 Å². The number of primary sulfonamides is 1. The number of rotatable bonds is 3. The van der Waals surface area contributed by atoms with Crippen LogP contribution in [0.4, 0.5) is 8.78 Å². The Morgan fingerprint density at radius 2 is 2.10 bits per heavy atom. The van der Waals surface area contributed by atoms with E-state index in [1.807, 2.05) is 0 Å². The number of carbonyl (C=O) groups excluding carboxylic acids is 1. The number of nitrogens with two attached hydrogens (primary N) is 1. The van der Waals surface area contributed by atoms with Crippen molar-refractivity contribution < 1.29 is 26.7 Å². The standard InChI is InChI=1S/C12H14F2N2O4S/c13-7-4-9(11(14)10(5-7)21(15,18)19)12(17)16-8-2-1-3-20-6-8/h4-5,8H,1-3,6H2,(H,16,17)(H2,15,18,19). The molecule has 0 aliphatic carbocycles. The van der Waals surface area contributed by atoms with Crippen LogP contribution in [-0.2, 0) is 14.8 Å². The summed E-state index contributed by atoms with van der Waals surface area (Å²) in [5.74, 6) is -3.34. The first-order valence-electron chi connectivity index (χ1n) is 6.19. The summed E-state index contributed by atoms with van der Waals surface area (Å²) in [6.45, 7) is 0.848. The number of halogens is 2. The van der Waals surface area contributed by atoms with Crippen molar-refractivity contribution >= 4 is 15.9 Å². The minimum absolute atomic E-state index is 0.269. The largest absolute Gasteiger partial charge is 0.379 e. The van der Waals surface area contributed by atoms with E-state index in [0.29, 0.717) is 25.2 Å². The second-order valence-electron chi connectivity index (χ2n) is 4.70. The van der Waals surface area contributed by atoms with Crippen molar-refractivity contribution in [3.63, 3.8) is 0 Å². The molecule has 1 heterocycles. The second-order valence-corrected chi connectivity index (χ2v) is 6.23. The maximum atomic E-state index is 14.0. The van der Waals surface area contributed by atoms with Gasteiger partial charge in [-0.1, -0.05) is 0 Å². The summed E-state index contributed by atoms with van der Waals surface area (Å²) < 4.78 is 55.0. The van der Waals surface area contributed by atoms with Crippen LogP contribution in [0.3, 0.4) is 0 Å². The predicted octanol–water partition coefficient (Wildman–Crippen LogP) is 0.521. The molecule has 21 heavy (non-hydrogen) atoms. The molecule has 6 nitrogen and oxygen atoms in total. The fourth-order valence-electron chi connectivity index (χ4n) is 2.05. The van der Waals surface area contributed by atoms with Gasteiger partial charge in [-0.25, -0.2) is 22.3 Å². The molecule has 0 bridgehead atoms. The van der Waals surface area contributed by atoms with Crippen LogP contribution in [0.5, 0.6) is 0 Å². The van der Waals surface area contributed by atoms with E-state index >= 15 is 0 Å². The summed E-state index contributed by atoms with van der Waals surface area (Å²) >= 11 is 0. The Morgan fingerprint density at radius 1 is 1.38 bits per heavy atom. The van der Waals surface area contributed by atoms with Crippen molar-refractivity contribution in [1.29, 1.82) is 0 Å². The third-order valence-corrected chi connectivity index (χ3v) is 3.96. The highest BCUT2D eigenvalue weighted by molar-refractivity contribution is 7.89. The number of ether oxygens (including phenoxy) is 1. The highest BCUT2D eigenvalue weighted by atomic mass is 32.2. The fourth-order valence-corrected chi connectivity index (χ4v) is 2.69. The number of hydrogen-bond donors (Lipinski definition) is 2. The van der Waals surface area contributed by atoms with Gasteiger partial charge in [0.05, 0.1) is 18.2 Å². The number of sulfonamides is 1. The van der Waals surface area contributed by atoms with Gasteiger partial charge in [0.25, 0.3) is 5.91 Å². The van der Waals surface area contributed by atoms with Gasteiger partial charge in [0.2, 0.25) is 10.0 Å².